The second-order valence-electron chi connectivity index (χ2n) is 9.98. The smallest absolute Gasteiger partial charge is 0.326 e. The highest BCUT2D eigenvalue weighted by Crippen LogP contribution is 2.33. The molecule has 1 N–H and O–H groups in total. The molecular weight excluding hydrogens is 388 g/mol. The molecule has 0 atom stereocenters. The zero-order chi connectivity index (χ0) is 21.4. The summed E-state index contributed by atoms with van der Waals surface area (Å²) in [6, 6.07) is 7.07. The van der Waals surface area contributed by atoms with E-state index in [1.165, 1.54) is 24.8 Å². The molecule has 31 heavy (non-hydrogen) atoms. The summed E-state index contributed by atoms with van der Waals surface area (Å²) in [6.45, 7) is 6.12. The number of carbonyl (C=O) groups excluding carboxylic acids is 1. The molecule has 1 aromatic heterocycles. The number of rotatable bonds is 3. The lowest BCUT2D eigenvalue weighted by molar-refractivity contribution is -0.137. The third kappa shape index (κ3) is 4.19. The van der Waals surface area contributed by atoms with Crippen LogP contribution >= 0.6 is 0 Å². The first kappa shape index (κ1) is 20.8. The number of fused-ring (bicyclic) bond motifs is 1. The van der Waals surface area contributed by atoms with Gasteiger partial charge in [0.2, 0.25) is 5.91 Å². The van der Waals surface area contributed by atoms with Gasteiger partial charge in [-0.3, -0.25) is 9.36 Å². The van der Waals surface area contributed by atoms with Crippen molar-refractivity contribution in [3.05, 3.63) is 34.2 Å². The molecule has 6 heteroatoms. The molecule has 2 aliphatic heterocycles. The van der Waals surface area contributed by atoms with Crippen molar-refractivity contribution in [2.24, 2.45) is 5.92 Å². The number of carbonyl (C=O) groups is 1. The minimum atomic E-state index is 0.0239. The number of imidazole rings is 1. The predicted octanol–water partition coefficient (Wildman–Crippen LogP) is 3.85. The van der Waals surface area contributed by atoms with Crippen molar-refractivity contribution in [3.63, 3.8) is 0 Å². The number of aromatic amines is 1. The van der Waals surface area contributed by atoms with Crippen molar-refractivity contribution < 1.29 is 4.79 Å². The maximum Gasteiger partial charge on any atom is 0.326 e. The van der Waals surface area contributed by atoms with Crippen LogP contribution in [0.3, 0.4) is 0 Å². The first-order chi connectivity index (χ1) is 15.1. The van der Waals surface area contributed by atoms with Crippen molar-refractivity contribution in [2.75, 3.05) is 26.2 Å². The number of amides is 1. The molecule has 5 rings (SSSR count). The number of hydrogen-bond donors (Lipinski definition) is 1. The SMILES string of the molecule is Cc1ccc2[nH]c(=O)n(C3CCN([C@H]4CC[C@@H](C(=O)N5CCCCC5)CC4)CC3)c2c1. The second kappa shape index (κ2) is 8.81. The molecule has 168 valence electrons. The monoisotopic (exact) mass is 424 g/mol. The van der Waals surface area contributed by atoms with E-state index < -0.39 is 0 Å². The minimum absolute atomic E-state index is 0.0239. The van der Waals surface area contributed by atoms with E-state index in [1.807, 2.05) is 10.6 Å². The van der Waals surface area contributed by atoms with E-state index in [2.05, 4.69) is 33.8 Å². The maximum atomic E-state index is 12.9. The lowest BCUT2D eigenvalue weighted by atomic mass is 9.83. The van der Waals surface area contributed by atoms with Crippen molar-refractivity contribution in [1.82, 2.24) is 19.4 Å². The van der Waals surface area contributed by atoms with Crippen LogP contribution in [-0.2, 0) is 4.79 Å². The van der Waals surface area contributed by atoms with Crippen LogP contribution in [0.4, 0.5) is 0 Å². The van der Waals surface area contributed by atoms with Gasteiger partial charge in [0.1, 0.15) is 0 Å². The number of aromatic nitrogens is 2. The van der Waals surface area contributed by atoms with Crippen LogP contribution in [0.25, 0.3) is 11.0 Å². The number of piperidine rings is 2. The van der Waals surface area contributed by atoms with E-state index >= 15 is 0 Å². The Morgan fingerprint density at radius 3 is 2.32 bits per heavy atom. The van der Waals surface area contributed by atoms with Crippen LogP contribution in [0.15, 0.2) is 23.0 Å². The Balaban J connectivity index is 1.17. The first-order valence-electron chi connectivity index (χ1n) is 12.3. The Kier molecular flexibility index (Phi) is 5.91. The van der Waals surface area contributed by atoms with Crippen LogP contribution in [0.1, 0.15) is 69.4 Å². The number of likely N-dealkylation sites (tertiary alicyclic amines) is 2. The molecule has 0 radical (unpaired) electrons. The molecule has 1 aliphatic carbocycles. The van der Waals surface area contributed by atoms with Crippen molar-refractivity contribution in [1.29, 1.82) is 0 Å². The Hall–Kier alpha value is -2.08. The summed E-state index contributed by atoms with van der Waals surface area (Å²) in [5.41, 5.74) is 3.19. The number of hydrogen-bond acceptors (Lipinski definition) is 3. The third-order valence-electron chi connectivity index (χ3n) is 7.97. The summed E-state index contributed by atoms with van der Waals surface area (Å²) < 4.78 is 1.99. The van der Waals surface area contributed by atoms with Gasteiger partial charge >= 0.3 is 5.69 Å². The lowest BCUT2D eigenvalue weighted by Crippen LogP contribution is -2.46. The predicted molar refractivity (Wildman–Crippen MR) is 123 cm³/mol. The molecular formula is C25H36N4O2. The van der Waals surface area contributed by atoms with Gasteiger partial charge in [0.25, 0.3) is 0 Å². The van der Waals surface area contributed by atoms with Gasteiger partial charge in [-0.2, -0.15) is 0 Å². The van der Waals surface area contributed by atoms with Crippen molar-refractivity contribution in [2.45, 2.75) is 76.8 Å². The topological polar surface area (TPSA) is 61.3 Å². The van der Waals surface area contributed by atoms with Crippen LogP contribution in [0.2, 0.25) is 0 Å². The summed E-state index contributed by atoms with van der Waals surface area (Å²) in [5, 5.41) is 0. The zero-order valence-electron chi connectivity index (χ0n) is 18.8. The summed E-state index contributed by atoms with van der Waals surface area (Å²) in [5.74, 6) is 0.672. The van der Waals surface area contributed by atoms with Gasteiger partial charge in [-0.1, -0.05) is 6.07 Å². The quantitative estimate of drug-likeness (QED) is 0.814. The van der Waals surface area contributed by atoms with Gasteiger partial charge in [-0.25, -0.2) is 4.79 Å². The zero-order valence-corrected chi connectivity index (χ0v) is 18.8. The maximum absolute atomic E-state index is 12.9. The largest absolute Gasteiger partial charge is 0.342 e. The summed E-state index contributed by atoms with van der Waals surface area (Å²) >= 11 is 0. The highest BCUT2D eigenvalue weighted by molar-refractivity contribution is 5.79. The van der Waals surface area contributed by atoms with Crippen LogP contribution in [0, 0.1) is 12.8 Å². The first-order valence-corrected chi connectivity index (χ1v) is 12.3. The van der Waals surface area contributed by atoms with E-state index in [4.69, 9.17) is 0 Å². The highest BCUT2D eigenvalue weighted by Gasteiger charge is 2.34. The Morgan fingerprint density at radius 2 is 1.61 bits per heavy atom. The fourth-order valence-electron chi connectivity index (χ4n) is 6.16. The average molecular weight is 425 g/mol. The molecule has 2 aromatic rings. The Morgan fingerprint density at radius 1 is 0.903 bits per heavy atom. The fraction of sp³-hybridized carbons (Fsp3) is 0.680. The van der Waals surface area contributed by atoms with Gasteiger partial charge in [-0.05, 0) is 82.4 Å². The van der Waals surface area contributed by atoms with Gasteiger partial charge in [0.05, 0.1) is 11.0 Å². The molecule has 1 aromatic carbocycles. The molecule has 3 heterocycles. The molecule has 1 amide bonds. The molecule has 2 saturated heterocycles. The summed E-state index contributed by atoms with van der Waals surface area (Å²) in [7, 11) is 0. The van der Waals surface area contributed by atoms with Gasteiger partial charge in [0.15, 0.2) is 0 Å². The van der Waals surface area contributed by atoms with Crippen LogP contribution < -0.4 is 5.69 Å². The minimum Gasteiger partial charge on any atom is -0.342 e. The van der Waals surface area contributed by atoms with Gasteiger partial charge in [0, 0.05) is 44.2 Å². The lowest BCUT2D eigenvalue weighted by Gasteiger charge is -2.41. The molecule has 3 fully saturated rings. The number of aryl methyl sites for hydroxylation is 1. The molecule has 0 spiro atoms. The molecule has 3 aliphatic rings. The number of nitrogens with zero attached hydrogens (tertiary/aromatic N) is 3. The van der Waals surface area contributed by atoms with Crippen LogP contribution in [0.5, 0.6) is 0 Å². The fourth-order valence-corrected chi connectivity index (χ4v) is 6.16. The van der Waals surface area contributed by atoms with E-state index in [0.29, 0.717) is 11.9 Å². The van der Waals surface area contributed by atoms with Gasteiger partial charge < -0.3 is 14.8 Å². The summed E-state index contributed by atoms with van der Waals surface area (Å²) in [4.78, 5) is 33.3. The number of nitrogens with one attached hydrogen (secondary N) is 1. The normalized spacial score (nSPS) is 26.4. The Bertz CT molecular complexity index is 971. The molecule has 0 unspecified atom stereocenters. The Labute approximate surface area is 184 Å². The average Bonchev–Trinajstić information content (AvgIpc) is 3.14. The van der Waals surface area contributed by atoms with Crippen molar-refractivity contribution >= 4 is 16.9 Å². The highest BCUT2D eigenvalue weighted by atomic mass is 16.2. The van der Waals surface area contributed by atoms with E-state index in [9.17, 15) is 9.59 Å². The second-order valence-corrected chi connectivity index (χ2v) is 9.98. The number of benzene rings is 1. The van der Waals surface area contributed by atoms with Crippen molar-refractivity contribution in [3.8, 4) is 0 Å². The third-order valence-corrected chi connectivity index (χ3v) is 7.97. The molecule has 1 saturated carbocycles. The van der Waals surface area contributed by atoms with E-state index in [0.717, 1.165) is 75.7 Å². The van der Waals surface area contributed by atoms with E-state index in [1.54, 1.807) is 0 Å². The van der Waals surface area contributed by atoms with E-state index in [-0.39, 0.29) is 17.6 Å². The van der Waals surface area contributed by atoms with Crippen LogP contribution in [-0.4, -0.2) is 57.5 Å². The van der Waals surface area contributed by atoms with Gasteiger partial charge in [-0.15, -0.1) is 0 Å². The summed E-state index contributed by atoms with van der Waals surface area (Å²) in [6.07, 6.45) is 10.0. The molecule has 6 nitrogen and oxygen atoms in total. The standard InChI is InChI=1S/C25H36N4O2/c1-18-5-10-22-23(17-18)29(25(31)26-22)21-11-15-27(16-12-21)20-8-6-19(7-9-20)24(30)28-13-3-2-4-14-28/h5,10,17,19-21H,2-4,6-9,11-16H2,1H3,(H,26,31)/t19-,20+. The number of H-pyrrole nitrogens is 1. The molecule has 0 bridgehead atoms.